The summed E-state index contributed by atoms with van der Waals surface area (Å²) in [5.41, 5.74) is 3.04. The molecule has 0 saturated heterocycles. The quantitative estimate of drug-likeness (QED) is 0.758. The zero-order valence-electron chi connectivity index (χ0n) is 13.0. The topological polar surface area (TPSA) is 57.5 Å². The monoisotopic (exact) mass is 335 g/mol. The lowest BCUT2D eigenvalue weighted by Gasteiger charge is -2.30. The molecule has 5 heteroatoms. The fourth-order valence-electron chi connectivity index (χ4n) is 2.99. The maximum atomic E-state index is 10.2. The van der Waals surface area contributed by atoms with Gasteiger partial charge < -0.3 is 5.11 Å². The van der Waals surface area contributed by atoms with Crippen molar-refractivity contribution in [1.82, 2.24) is 10.3 Å². The highest BCUT2D eigenvalue weighted by atomic mass is 32.1. The molecule has 120 valence electrons. The van der Waals surface area contributed by atoms with Gasteiger partial charge in [-0.1, -0.05) is 24.3 Å². The van der Waals surface area contributed by atoms with Gasteiger partial charge in [-0.3, -0.25) is 15.3 Å². The van der Waals surface area contributed by atoms with Crippen LogP contribution in [-0.2, 0) is 0 Å². The largest absolute Gasteiger partial charge is 0.508 e. The number of nitrogens with zero attached hydrogens (tertiary/aromatic N) is 2. The van der Waals surface area contributed by atoms with Gasteiger partial charge in [0.05, 0.1) is 5.71 Å². The van der Waals surface area contributed by atoms with Crippen LogP contribution in [0, 0.1) is 0 Å². The van der Waals surface area contributed by atoms with Gasteiger partial charge in [-0.2, -0.15) is 0 Å². The number of hydrogen-bond donors (Lipinski definition) is 2. The number of para-hydroxylation sites is 1. The molecule has 0 amide bonds. The van der Waals surface area contributed by atoms with Crippen LogP contribution in [0.25, 0.3) is 0 Å². The summed E-state index contributed by atoms with van der Waals surface area (Å²) in [7, 11) is 0. The zero-order valence-corrected chi connectivity index (χ0v) is 13.8. The number of pyridine rings is 1. The van der Waals surface area contributed by atoms with E-state index in [0.717, 1.165) is 23.3 Å². The highest BCUT2D eigenvalue weighted by molar-refractivity contribution is 7.12. The van der Waals surface area contributed by atoms with Crippen LogP contribution in [0.15, 0.2) is 71.3 Å². The summed E-state index contributed by atoms with van der Waals surface area (Å²) in [4.78, 5) is 10.2. The Bertz CT molecular complexity index is 846. The second-order valence-electron chi connectivity index (χ2n) is 5.72. The number of phenolic OH excluding ortho intramolecular Hbond substituents is 1. The van der Waals surface area contributed by atoms with Crippen LogP contribution in [0.5, 0.6) is 5.75 Å². The van der Waals surface area contributed by atoms with E-state index in [4.69, 9.17) is 4.99 Å². The van der Waals surface area contributed by atoms with Crippen molar-refractivity contribution in [3.63, 3.8) is 0 Å². The fraction of sp³-hybridized carbons (Fsp3) is 0.158. The summed E-state index contributed by atoms with van der Waals surface area (Å²) < 4.78 is 0. The highest BCUT2D eigenvalue weighted by Crippen LogP contribution is 2.34. The maximum absolute atomic E-state index is 10.2. The van der Waals surface area contributed by atoms with Gasteiger partial charge in [-0.05, 0) is 35.2 Å². The molecule has 1 aromatic carbocycles. The molecule has 2 atom stereocenters. The van der Waals surface area contributed by atoms with Crippen LogP contribution < -0.4 is 5.32 Å². The van der Waals surface area contributed by atoms with Crippen LogP contribution in [-0.4, -0.2) is 15.8 Å². The van der Waals surface area contributed by atoms with Crippen molar-refractivity contribution in [1.29, 1.82) is 0 Å². The van der Waals surface area contributed by atoms with Gasteiger partial charge in [-0.25, -0.2) is 0 Å². The van der Waals surface area contributed by atoms with E-state index in [0.29, 0.717) is 5.75 Å². The summed E-state index contributed by atoms with van der Waals surface area (Å²) in [6.07, 6.45) is 4.16. The maximum Gasteiger partial charge on any atom is 0.126 e. The molecule has 3 heterocycles. The summed E-state index contributed by atoms with van der Waals surface area (Å²) >= 11 is 1.69. The van der Waals surface area contributed by atoms with Crippen molar-refractivity contribution >= 4 is 17.0 Å². The van der Waals surface area contributed by atoms with E-state index in [1.54, 1.807) is 29.8 Å². The number of benzene rings is 1. The Hall–Kier alpha value is -2.50. The molecular formula is C19H17N3OS. The molecule has 0 spiro atoms. The summed E-state index contributed by atoms with van der Waals surface area (Å²) in [5.74, 6) is 0.316. The van der Waals surface area contributed by atoms with Crippen LogP contribution >= 0.6 is 11.3 Å². The third-order valence-corrected chi connectivity index (χ3v) is 5.10. The standard InChI is InChI=1S/C19H17N3OS/c23-17-5-2-1-4-14(17)15-12-16(18-6-3-11-24-18)22-19(21-15)13-7-9-20-10-8-13/h1-11,15,19,21,23H,12H2. The number of phenols is 1. The molecule has 0 saturated carbocycles. The van der Waals surface area contributed by atoms with Gasteiger partial charge in [0.1, 0.15) is 11.9 Å². The van der Waals surface area contributed by atoms with Gasteiger partial charge in [0.15, 0.2) is 0 Å². The molecule has 2 aromatic heterocycles. The predicted octanol–water partition coefficient (Wildman–Crippen LogP) is 4.07. The van der Waals surface area contributed by atoms with Crippen LogP contribution in [0.1, 0.15) is 34.6 Å². The molecular weight excluding hydrogens is 318 g/mol. The third-order valence-electron chi connectivity index (χ3n) is 4.18. The van der Waals surface area contributed by atoms with Gasteiger partial charge in [0.2, 0.25) is 0 Å². The molecule has 0 radical (unpaired) electrons. The first kappa shape index (κ1) is 15.1. The smallest absolute Gasteiger partial charge is 0.126 e. The van der Waals surface area contributed by atoms with Crippen molar-refractivity contribution in [3.8, 4) is 5.75 Å². The Kier molecular flexibility index (Phi) is 4.11. The van der Waals surface area contributed by atoms with Crippen LogP contribution in [0.4, 0.5) is 0 Å². The first-order valence-corrected chi connectivity index (χ1v) is 8.73. The number of nitrogens with one attached hydrogen (secondary N) is 1. The number of thiophene rings is 1. The van der Waals surface area contributed by atoms with E-state index in [9.17, 15) is 5.11 Å². The van der Waals surface area contributed by atoms with Crippen molar-refractivity contribution in [3.05, 3.63) is 82.3 Å². The number of aromatic hydroxyl groups is 1. The SMILES string of the molecule is Oc1ccccc1C1CC(c2cccs2)=NC(c2ccncc2)N1. The van der Waals surface area contributed by atoms with E-state index >= 15 is 0 Å². The van der Waals surface area contributed by atoms with E-state index in [-0.39, 0.29) is 12.2 Å². The average molecular weight is 335 g/mol. The molecule has 1 aliphatic rings. The van der Waals surface area contributed by atoms with Gasteiger partial charge in [0, 0.05) is 35.3 Å². The predicted molar refractivity (Wildman–Crippen MR) is 96.4 cm³/mol. The van der Waals surface area contributed by atoms with E-state index in [2.05, 4.69) is 21.7 Å². The second kappa shape index (κ2) is 6.55. The highest BCUT2D eigenvalue weighted by Gasteiger charge is 2.27. The second-order valence-corrected chi connectivity index (χ2v) is 6.67. The Labute approximate surface area is 144 Å². The van der Waals surface area contributed by atoms with E-state index in [1.807, 2.05) is 36.4 Å². The molecule has 4 rings (SSSR count). The number of aliphatic imine (C=N–C) groups is 1. The lowest BCUT2D eigenvalue weighted by atomic mass is 9.96. The third kappa shape index (κ3) is 2.96. The van der Waals surface area contributed by atoms with E-state index < -0.39 is 0 Å². The molecule has 3 aromatic rings. The first-order chi connectivity index (χ1) is 11.8. The number of aromatic nitrogens is 1. The van der Waals surface area contributed by atoms with Crippen molar-refractivity contribution in [2.24, 2.45) is 4.99 Å². The summed E-state index contributed by atoms with van der Waals surface area (Å²) in [6, 6.07) is 15.6. The van der Waals surface area contributed by atoms with Crippen molar-refractivity contribution < 1.29 is 5.11 Å². The molecule has 2 N–H and O–H groups in total. The Morgan fingerprint density at radius 1 is 1.04 bits per heavy atom. The van der Waals surface area contributed by atoms with Crippen molar-refractivity contribution in [2.75, 3.05) is 0 Å². The lowest BCUT2D eigenvalue weighted by molar-refractivity contribution is 0.413. The van der Waals surface area contributed by atoms with Crippen LogP contribution in [0.3, 0.4) is 0 Å². The lowest BCUT2D eigenvalue weighted by Crippen LogP contribution is -2.32. The molecule has 24 heavy (non-hydrogen) atoms. The van der Waals surface area contributed by atoms with Gasteiger partial charge in [-0.15, -0.1) is 11.3 Å². The minimum atomic E-state index is -0.150. The first-order valence-electron chi connectivity index (χ1n) is 7.85. The van der Waals surface area contributed by atoms with Gasteiger partial charge >= 0.3 is 0 Å². The summed E-state index contributed by atoms with van der Waals surface area (Å²) in [5, 5.41) is 15.9. The summed E-state index contributed by atoms with van der Waals surface area (Å²) in [6.45, 7) is 0. The average Bonchev–Trinajstić information content (AvgIpc) is 3.17. The van der Waals surface area contributed by atoms with Gasteiger partial charge in [0.25, 0.3) is 0 Å². The van der Waals surface area contributed by atoms with E-state index in [1.165, 1.54) is 4.88 Å². The molecule has 2 unspecified atom stereocenters. The minimum Gasteiger partial charge on any atom is -0.508 e. The Balaban J connectivity index is 1.74. The minimum absolute atomic E-state index is 0.0129. The normalized spacial score (nSPS) is 20.6. The Morgan fingerprint density at radius 2 is 1.88 bits per heavy atom. The molecule has 0 aliphatic carbocycles. The Morgan fingerprint density at radius 3 is 2.62 bits per heavy atom. The van der Waals surface area contributed by atoms with Crippen LogP contribution in [0.2, 0.25) is 0 Å². The zero-order chi connectivity index (χ0) is 16.4. The number of rotatable bonds is 3. The number of hydrogen-bond acceptors (Lipinski definition) is 5. The molecule has 0 fully saturated rings. The molecule has 4 nitrogen and oxygen atoms in total. The van der Waals surface area contributed by atoms with Crippen molar-refractivity contribution in [2.45, 2.75) is 18.6 Å². The molecule has 0 bridgehead atoms. The molecule has 1 aliphatic heterocycles. The fourth-order valence-corrected chi connectivity index (χ4v) is 3.73.